The largest absolute Gasteiger partial charge is 0.493 e. The van der Waals surface area contributed by atoms with Crippen LogP contribution in [-0.4, -0.2) is 32.1 Å². The van der Waals surface area contributed by atoms with Gasteiger partial charge in [-0.1, -0.05) is 6.07 Å². The highest BCUT2D eigenvalue weighted by atomic mass is 79.9. The number of nitrogens with zero attached hydrogens (tertiary/aromatic N) is 1. The molecule has 0 unspecified atom stereocenters. The summed E-state index contributed by atoms with van der Waals surface area (Å²) < 4.78 is 11.2. The van der Waals surface area contributed by atoms with E-state index in [2.05, 4.69) is 21.4 Å². The molecule has 28 heavy (non-hydrogen) atoms. The number of amides is 2. The van der Waals surface area contributed by atoms with Gasteiger partial charge in [0.1, 0.15) is 0 Å². The molecule has 0 radical (unpaired) electrons. The average molecular weight is 445 g/mol. The van der Waals surface area contributed by atoms with E-state index in [4.69, 9.17) is 14.3 Å². The SMILES string of the molecule is COc1ccc(C2=C3C(=O)N(c4ccc(C)cc4Br)C(=O)[C@@H]3ON2)cc1OC. The summed E-state index contributed by atoms with van der Waals surface area (Å²) in [7, 11) is 3.07. The Morgan fingerprint density at radius 3 is 2.50 bits per heavy atom. The molecule has 1 N–H and O–H groups in total. The summed E-state index contributed by atoms with van der Waals surface area (Å²) in [6.07, 6.45) is -0.996. The third-order valence-electron chi connectivity index (χ3n) is 4.70. The number of fused-ring (bicyclic) bond motifs is 1. The fourth-order valence-corrected chi connectivity index (χ4v) is 3.99. The lowest BCUT2D eigenvalue weighted by atomic mass is 10.0. The number of imide groups is 1. The lowest BCUT2D eigenvalue weighted by Gasteiger charge is -2.17. The van der Waals surface area contributed by atoms with Crippen LogP contribution in [0.15, 0.2) is 46.4 Å². The molecule has 1 fully saturated rings. The van der Waals surface area contributed by atoms with Gasteiger partial charge in [0.25, 0.3) is 11.8 Å². The Bertz CT molecular complexity index is 1030. The van der Waals surface area contributed by atoms with Gasteiger partial charge in [-0.3, -0.25) is 19.9 Å². The van der Waals surface area contributed by atoms with Crippen molar-refractivity contribution in [3.05, 3.63) is 57.6 Å². The molecular weight excluding hydrogens is 428 g/mol. The molecule has 0 saturated carbocycles. The summed E-state index contributed by atoms with van der Waals surface area (Å²) in [6.45, 7) is 1.93. The Kier molecular flexibility index (Phi) is 4.60. The van der Waals surface area contributed by atoms with Gasteiger partial charge in [-0.2, -0.15) is 0 Å². The van der Waals surface area contributed by atoms with E-state index < -0.39 is 17.9 Å². The topological polar surface area (TPSA) is 77.1 Å². The molecule has 2 heterocycles. The maximum atomic E-state index is 13.1. The van der Waals surface area contributed by atoms with Crippen molar-refractivity contribution in [2.45, 2.75) is 13.0 Å². The molecule has 1 atom stereocenters. The van der Waals surface area contributed by atoms with Gasteiger partial charge in [-0.15, -0.1) is 0 Å². The van der Waals surface area contributed by atoms with Gasteiger partial charge in [-0.25, -0.2) is 4.90 Å². The number of rotatable bonds is 4. The normalized spacial score (nSPS) is 18.4. The number of hydroxylamine groups is 1. The van der Waals surface area contributed by atoms with Crippen molar-refractivity contribution in [3.8, 4) is 11.5 Å². The molecule has 144 valence electrons. The van der Waals surface area contributed by atoms with Gasteiger partial charge in [0.2, 0.25) is 0 Å². The first-order chi connectivity index (χ1) is 13.5. The highest BCUT2D eigenvalue weighted by Gasteiger charge is 2.51. The Balaban J connectivity index is 1.79. The maximum absolute atomic E-state index is 13.1. The summed E-state index contributed by atoms with van der Waals surface area (Å²) >= 11 is 3.44. The molecule has 0 bridgehead atoms. The number of hydrogen-bond donors (Lipinski definition) is 1. The smallest absolute Gasteiger partial charge is 0.270 e. The van der Waals surface area contributed by atoms with E-state index in [1.165, 1.54) is 7.11 Å². The second-order valence-corrected chi connectivity index (χ2v) is 7.25. The molecule has 2 aromatic rings. The molecule has 7 nitrogen and oxygen atoms in total. The monoisotopic (exact) mass is 444 g/mol. The number of nitrogens with one attached hydrogen (secondary N) is 1. The predicted molar refractivity (Wildman–Crippen MR) is 106 cm³/mol. The average Bonchev–Trinajstić information content (AvgIpc) is 3.22. The van der Waals surface area contributed by atoms with Crippen molar-refractivity contribution in [2.75, 3.05) is 19.1 Å². The molecule has 2 aliphatic heterocycles. The number of aryl methyl sites for hydroxylation is 1. The van der Waals surface area contributed by atoms with E-state index in [1.807, 2.05) is 19.1 Å². The van der Waals surface area contributed by atoms with Crippen LogP contribution in [-0.2, 0) is 14.4 Å². The van der Waals surface area contributed by atoms with Crippen LogP contribution >= 0.6 is 15.9 Å². The number of carbonyl (C=O) groups is 2. The minimum Gasteiger partial charge on any atom is -0.493 e. The zero-order valence-electron chi connectivity index (χ0n) is 15.4. The third-order valence-corrected chi connectivity index (χ3v) is 5.34. The summed E-state index contributed by atoms with van der Waals surface area (Å²) in [5, 5.41) is 0. The lowest BCUT2D eigenvalue weighted by Crippen LogP contribution is -2.34. The number of methoxy groups -OCH3 is 2. The van der Waals surface area contributed by atoms with Crippen LogP contribution in [0.25, 0.3) is 5.70 Å². The van der Waals surface area contributed by atoms with E-state index >= 15 is 0 Å². The first-order valence-corrected chi connectivity index (χ1v) is 9.28. The summed E-state index contributed by atoms with van der Waals surface area (Å²) in [4.78, 5) is 32.6. The van der Waals surface area contributed by atoms with Crippen molar-refractivity contribution in [3.63, 3.8) is 0 Å². The number of benzene rings is 2. The number of hydrogen-bond acceptors (Lipinski definition) is 6. The van der Waals surface area contributed by atoms with Gasteiger partial charge in [0, 0.05) is 10.0 Å². The predicted octanol–water partition coefficient (Wildman–Crippen LogP) is 2.96. The van der Waals surface area contributed by atoms with Crippen LogP contribution in [0, 0.1) is 6.92 Å². The molecule has 4 rings (SSSR count). The fraction of sp³-hybridized carbons (Fsp3) is 0.200. The highest BCUT2D eigenvalue weighted by Crippen LogP contribution is 2.40. The zero-order valence-corrected chi connectivity index (χ0v) is 17.0. The number of ether oxygens (including phenoxy) is 2. The molecule has 0 aromatic heterocycles. The zero-order chi connectivity index (χ0) is 20.0. The van der Waals surface area contributed by atoms with Gasteiger partial charge in [0.15, 0.2) is 17.6 Å². The van der Waals surface area contributed by atoms with Crippen LogP contribution in [0.4, 0.5) is 5.69 Å². The summed E-state index contributed by atoms with van der Waals surface area (Å²) in [5.74, 6) is 0.210. The van der Waals surface area contributed by atoms with Gasteiger partial charge in [-0.05, 0) is 58.7 Å². The van der Waals surface area contributed by atoms with Gasteiger partial charge >= 0.3 is 0 Å². The van der Waals surface area contributed by atoms with Crippen molar-refractivity contribution in [2.24, 2.45) is 0 Å². The Morgan fingerprint density at radius 1 is 1.07 bits per heavy atom. The van der Waals surface area contributed by atoms with Crippen LogP contribution < -0.4 is 19.9 Å². The fourth-order valence-electron chi connectivity index (χ4n) is 3.32. The molecule has 0 aliphatic carbocycles. The van der Waals surface area contributed by atoms with Crippen LogP contribution in [0.3, 0.4) is 0 Å². The Labute approximate surface area is 170 Å². The standard InChI is InChI=1S/C20H17BrN2O5/c1-10-4-6-13(12(21)8-10)23-19(24)16-17(22-28-18(16)20(23)25)11-5-7-14(26-2)15(9-11)27-3/h4-9,18,22H,1-3H3/t18-/m1/s1. The molecule has 2 aromatic carbocycles. The van der Waals surface area contributed by atoms with Crippen molar-refractivity contribution < 1.29 is 23.9 Å². The molecule has 2 aliphatic rings. The molecular formula is C20H17BrN2O5. The van der Waals surface area contributed by atoms with Crippen LogP contribution in [0.5, 0.6) is 11.5 Å². The minimum atomic E-state index is -0.996. The second-order valence-electron chi connectivity index (χ2n) is 6.39. The van der Waals surface area contributed by atoms with Gasteiger partial charge in [0.05, 0.1) is 31.2 Å². The minimum absolute atomic E-state index is 0.268. The highest BCUT2D eigenvalue weighted by molar-refractivity contribution is 9.10. The molecule has 1 saturated heterocycles. The summed E-state index contributed by atoms with van der Waals surface area (Å²) in [5.41, 5.74) is 5.58. The maximum Gasteiger partial charge on any atom is 0.270 e. The Hall–Kier alpha value is -2.84. The first-order valence-electron chi connectivity index (χ1n) is 8.49. The number of anilines is 1. The summed E-state index contributed by atoms with van der Waals surface area (Å²) in [6, 6.07) is 10.7. The molecule has 8 heteroatoms. The Morgan fingerprint density at radius 2 is 1.82 bits per heavy atom. The van der Waals surface area contributed by atoms with Crippen LogP contribution in [0.1, 0.15) is 11.1 Å². The van der Waals surface area contributed by atoms with Crippen LogP contribution in [0.2, 0.25) is 0 Å². The number of carbonyl (C=O) groups excluding carboxylic acids is 2. The third kappa shape index (κ3) is 2.76. The first kappa shape index (κ1) is 18.5. The van der Waals surface area contributed by atoms with E-state index in [0.29, 0.717) is 32.9 Å². The van der Waals surface area contributed by atoms with Crippen molar-refractivity contribution in [1.82, 2.24) is 5.48 Å². The van der Waals surface area contributed by atoms with Crippen molar-refractivity contribution >= 4 is 39.1 Å². The van der Waals surface area contributed by atoms with E-state index in [0.717, 1.165) is 10.5 Å². The van der Waals surface area contributed by atoms with Gasteiger partial charge < -0.3 is 9.47 Å². The quantitative estimate of drug-likeness (QED) is 0.730. The molecule has 0 spiro atoms. The van der Waals surface area contributed by atoms with Crippen molar-refractivity contribution in [1.29, 1.82) is 0 Å². The second kappa shape index (κ2) is 6.96. The van der Waals surface area contributed by atoms with E-state index in [-0.39, 0.29) is 5.57 Å². The number of halogens is 1. The molecule has 2 amide bonds. The van der Waals surface area contributed by atoms with E-state index in [9.17, 15) is 9.59 Å². The van der Waals surface area contributed by atoms with E-state index in [1.54, 1.807) is 31.4 Å². The lowest BCUT2D eigenvalue weighted by molar-refractivity contribution is -0.127.